The Kier molecular flexibility index (Phi) is 1.89. The molecular formula is C10H9NO3. The summed E-state index contributed by atoms with van der Waals surface area (Å²) in [5.41, 5.74) is 0.718. The number of hydrogen-bond acceptors (Lipinski definition) is 3. The molecule has 14 heavy (non-hydrogen) atoms. The van der Waals surface area contributed by atoms with Crippen LogP contribution in [0, 0.1) is 0 Å². The fourth-order valence-corrected chi connectivity index (χ4v) is 1.39. The molecular weight excluding hydrogens is 182 g/mol. The number of aromatic amines is 1. The average Bonchev–Trinajstić information content (AvgIpc) is 2.66. The van der Waals surface area contributed by atoms with Crippen molar-refractivity contribution in [1.82, 2.24) is 4.98 Å². The molecule has 72 valence electrons. The normalized spacial score (nSPS) is 10.4. The van der Waals surface area contributed by atoms with Crippen LogP contribution in [0.3, 0.4) is 0 Å². The van der Waals surface area contributed by atoms with E-state index in [9.17, 15) is 9.90 Å². The number of hydrogen-bond donors (Lipinski definition) is 2. The number of phenolic OH excluding ortho intramolecular Hbond substituents is 1. The van der Waals surface area contributed by atoms with Crippen molar-refractivity contribution in [3.05, 3.63) is 30.0 Å². The van der Waals surface area contributed by atoms with Crippen molar-refractivity contribution >= 4 is 16.9 Å². The highest BCUT2D eigenvalue weighted by molar-refractivity contribution is 5.99. The van der Waals surface area contributed by atoms with Gasteiger partial charge in [-0.05, 0) is 12.1 Å². The summed E-state index contributed by atoms with van der Waals surface area (Å²) in [4.78, 5) is 14.1. The van der Waals surface area contributed by atoms with E-state index in [0.717, 1.165) is 5.39 Å². The van der Waals surface area contributed by atoms with Crippen LogP contribution in [0.5, 0.6) is 5.75 Å². The van der Waals surface area contributed by atoms with Gasteiger partial charge in [-0.3, -0.25) is 0 Å². The van der Waals surface area contributed by atoms with E-state index in [4.69, 9.17) is 0 Å². The Bertz CT molecular complexity index is 487. The molecule has 2 rings (SSSR count). The SMILES string of the molecule is COC(=O)c1ccc2cc[nH]c2c1O. The lowest BCUT2D eigenvalue weighted by molar-refractivity contribution is 0.0598. The third kappa shape index (κ3) is 1.12. The Hall–Kier alpha value is -1.97. The number of H-pyrrole nitrogens is 1. The van der Waals surface area contributed by atoms with Gasteiger partial charge in [0.05, 0.1) is 12.6 Å². The van der Waals surface area contributed by atoms with Crippen molar-refractivity contribution < 1.29 is 14.6 Å². The number of nitrogens with one attached hydrogen (secondary N) is 1. The summed E-state index contributed by atoms with van der Waals surface area (Å²) in [7, 11) is 1.28. The van der Waals surface area contributed by atoms with Crippen molar-refractivity contribution in [3.63, 3.8) is 0 Å². The number of esters is 1. The first-order chi connectivity index (χ1) is 6.74. The van der Waals surface area contributed by atoms with Gasteiger partial charge in [-0.2, -0.15) is 0 Å². The average molecular weight is 191 g/mol. The van der Waals surface area contributed by atoms with Crippen LogP contribution in [0.1, 0.15) is 10.4 Å². The van der Waals surface area contributed by atoms with Gasteiger partial charge in [0.2, 0.25) is 0 Å². The van der Waals surface area contributed by atoms with Crippen LogP contribution in [0.2, 0.25) is 0 Å². The molecule has 4 heteroatoms. The maximum Gasteiger partial charge on any atom is 0.341 e. The summed E-state index contributed by atoms with van der Waals surface area (Å²) in [5.74, 6) is -0.613. The number of rotatable bonds is 1. The predicted molar refractivity (Wildman–Crippen MR) is 51.3 cm³/mol. The Morgan fingerprint density at radius 2 is 2.21 bits per heavy atom. The van der Waals surface area contributed by atoms with Crippen LogP contribution in [-0.2, 0) is 4.74 Å². The summed E-state index contributed by atoms with van der Waals surface area (Å²) in [6, 6.07) is 5.10. The Balaban J connectivity index is 2.67. The van der Waals surface area contributed by atoms with Gasteiger partial charge in [0, 0.05) is 11.6 Å². The molecule has 0 aliphatic rings. The predicted octanol–water partition coefficient (Wildman–Crippen LogP) is 1.66. The van der Waals surface area contributed by atoms with Crippen LogP contribution in [-0.4, -0.2) is 23.2 Å². The van der Waals surface area contributed by atoms with E-state index < -0.39 is 5.97 Å². The van der Waals surface area contributed by atoms with Crippen molar-refractivity contribution in [2.45, 2.75) is 0 Å². The molecule has 0 saturated heterocycles. The first kappa shape index (κ1) is 8.62. The highest BCUT2D eigenvalue weighted by Gasteiger charge is 2.14. The minimum absolute atomic E-state index is 0.0700. The van der Waals surface area contributed by atoms with Crippen LogP contribution < -0.4 is 0 Å². The Labute approximate surface area is 80.1 Å². The van der Waals surface area contributed by atoms with E-state index in [1.807, 2.05) is 6.07 Å². The second-order valence-electron chi connectivity index (χ2n) is 2.90. The van der Waals surface area contributed by atoms with E-state index in [0.29, 0.717) is 5.52 Å². The topological polar surface area (TPSA) is 62.3 Å². The number of benzene rings is 1. The zero-order valence-electron chi connectivity index (χ0n) is 7.57. The molecule has 0 saturated carbocycles. The molecule has 0 amide bonds. The highest BCUT2D eigenvalue weighted by atomic mass is 16.5. The van der Waals surface area contributed by atoms with E-state index in [1.54, 1.807) is 12.3 Å². The Morgan fingerprint density at radius 1 is 1.43 bits per heavy atom. The third-order valence-corrected chi connectivity index (χ3v) is 2.11. The highest BCUT2D eigenvalue weighted by Crippen LogP contribution is 2.27. The fraction of sp³-hybridized carbons (Fsp3) is 0.100. The molecule has 4 nitrogen and oxygen atoms in total. The molecule has 0 aliphatic carbocycles. The van der Waals surface area contributed by atoms with E-state index in [2.05, 4.69) is 9.72 Å². The minimum Gasteiger partial charge on any atom is -0.505 e. The molecule has 1 aromatic heterocycles. The van der Waals surface area contributed by atoms with E-state index in [-0.39, 0.29) is 11.3 Å². The number of methoxy groups -OCH3 is 1. The Morgan fingerprint density at radius 3 is 2.93 bits per heavy atom. The monoisotopic (exact) mass is 191 g/mol. The zero-order valence-corrected chi connectivity index (χ0v) is 7.57. The van der Waals surface area contributed by atoms with Gasteiger partial charge >= 0.3 is 5.97 Å². The molecule has 2 N–H and O–H groups in total. The van der Waals surface area contributed by atoms with Crippen molar-refractivity contribution in [2.24, 2.45) is 0 Å². The van der Waals surface area contributed by atoms with Crippen LogP contribution in [0.4, 0.5) is 0 Å². The van der Waals surface area contributed by atoms with E-state index in [1.165, 1.54) is 13.2 Å². The smallest absolute Gasteiger partial charge is 0.341 e. The van der Waals surface area contributed by atoms with Crippen LogP contribution in [0.15, 0.2) is 24.4 Å². The van der Waals surface area contributed by atoms with Gasteiger partial charge in [0.1, 0.15) is 5.56 Å². The minimum atomic E-state index is -0.543. The molecule has 2 aromatic rings. The maximum atomic E-state index is 11.2. The summed E-state index contributed by atoms with van der Waals surface area (Å²) in [6.07, 6.45) is 1.70. The number of ether oxygens (including phenoxy) is 1. The molecule has 0 aliphatic heterocycles. The van der Waals surface area contributed by atoms with Crippen molar-refractivity contribution in [2.75, 3.05) is 7.11 Å². The number of phenols is 1. The molecule has 0 radical (unpaired) electrons. The van der Waals surface area contributed by atoms with Gasteiger partial charge in [-0.15, -0.1) is 0 Å². The number of aromatic nitrogens is 1. The molecule has 1 heterocycles. The second-order valence-corrected chi connectivity index (χ2v) is 2.90. The summed E-state index contributed by atoms with van der Waals surface area (Å²) in [6.45, 7) is 0. The first-order valence-corrected chi connectivity index (χ1v) is 4.11. The summed E-state index contributed by atoms with van der Waals surface area (Å²) >= 11 is 0. The largest absolute Gasteiger partial charge is 0.505 e. The summed E-state index contributed by atoms with van der Waals surface area (Å²) in [5, 5.41) is 10.6. The van der Waals surface area contributed by atoms with Gasteiger partial charge in [-0.1, -0.05) is 6.07 Å². The molecule has 0 spiro atoms. The number of fused-ring (bicyclic) bond motifs is 1. The molecule has 0 bridgehead atoms. The number of aromatic hydroxyl groups is 1. The van der Waals surface area contributed by atoms with Gasteiger partial charge in [-0.25, -0.2) is 4.79 Å². The van der Waals surface area contributed by atoms with Crippen molar-refractivity contribution in [3.8, 4) is 5.75 Å². The summed E-state index contributed by atoms with van der Waals surface area (Å²) < 4.78 is 4.53. The lowest BCUT2D eigenvalue weighted by Gasteiger charge is -2.02. The standard InChI is InChI=1S/C10H9NO3/c1-14-10(13)7-3-2-6-4-5-11-8(6)9(7)12/h2-5,11-12H,1H3. The lowest BCUT2D eigenvalue weighted by atomic mass is 10.1. The van der Waals surface area contributed by atoms with Gasteiger partial charge in [0.15, 0.2) is 5.75 Å². The lowest BCUT2D eigenvalue weighted by Crippen LogP contribution is -2.01. The zero-order chi connectivity index (χ0) is 10.1. The van der Waals surface area contributed by atoms with Gasteiger partial charge in [0.25, 0.3) is 0 Å². The maximum absolute atomic E-state index is 11.2. The van der Waals surface area contributed by atoms with Crippen molar-refractivity contribution in [1.29, 1.82) is 0 Å². The van der Waals surface area contributed by atoms with Crippen LogP contribution >= 0.6 is 0 Å². The third-order valence-electron chi connectivity index (χ3n) is 2.11. The second kappa shape index (κ2) is 3.06. The quantitative estimate of drug-likeness (QED) is 0.674. The van der Waals surface area contributed by atoms with Gasteiger partial charge < -0.3 is 14.8 Å². The number of carbonyl (C=O) groups excluding carboxylic acids is 1. The molecule has 1 aromatic carbocycles. The first-order valence-electron chi connectivity index (χ1n) is 4.11. The van der Waals surface area contributed by atoms with Crippen LogP contribution in [0.25, 0.3) is 10.9 Å². The fourth-order valence-electron chi connectivity index (χ4n) is 1.39. The molecule has 0 fully saturated rings. The number of carbonyl (C=O) groups is 1. The molecule has 0 atom stereocenters. The molecule has 0 unspecified atom stereocenters. The van der Waals surface area contributed by atoms with E-state index >= 15 is 0 Å².